The minimum atomic E-state index is -2.66. The first kappa shape index (κ1) is 26.7. The molecule has 0 spiro atoms. The van der Waals surface area contributed by atoms with Gasteiger partial charge in [0.2, 0.25) is 0 Å². The van der Waals surface area contributed by atoms with E-state index in [9.17, 15) is 5.11 Å². The summed E-state index contributed by atoms with van der Waals surface area (Å²) in [6, 6.07) is 25.2. The smallest absolute Gasteiger partial charge is 0.261 e. The molecule has 5 heteroatoms. The fourth-order valence-corrected chi connectivity index (χ4v) is 9.08. The summed E-state index contributed by atoms with van der Waals surface area (Å²) in [5, 5.41) is 12.4. The van der Waals surface area contributed by atoms with E-state index in [1.54, 1.807) is 20.3 Å². The maximum Gasteiger partial charge on any atom is 0.261 e. The third-order valence-corrected chi connectivity index (χ3v) is 11.4. The normalized spacial score (nSPS) is 13.1. The summed E-state index contributed by atoms with van der Waals surface area (Å²) in [7, 11) is 0.631. The van der Waals surface area contributed by atoms with Gasteiger partial charge in [-0.15, -0.1) is 0 Å². The van der Waals surface area contributed by atoms with Crippen molar-refractivity contribution in [1.29, 1.82) is 0 Å². The van der Waals surface area contributed by atoms with Crippen LogP contribution in [0.5, 0.6) is 11.5 Å². The Morgan fingerprint density at radius 3 is 1.74 bits per heavy atom. The van der Waals surface area contributed by atoms with Gasteiger partial charge < -0.3 is 19.0 Å². The van der Waals surface area contributed by atoms with Crippen molar-refractivity contribution in [2.45, 2.75) is 51.9 Å². The second-order valence-corrected chi connectivity index (χ2v) is 14.0. The first-order chi connectivity index (χ1) is 16.8. The molecule has 0 fully saturated rings. The van der Waals surface area contributed by atoms with Crippen molar-refractivity contribution < 1.29 is 19.0 Å². The summed E-state index contributed by atoms with van der Waals surface area (Å²) in [6.45, 7) is 9.17. The molecule has 0 amide bonds. The number of aliphatic hydroxyl groups excluding tert-OH is 1. The lowest BCUT2D eigenvalue weighted by molar-refractivity contribution is 0.220. The Bertz CT molecular complexity index is 1040. The van der Waals surface area contributed by atoms with E-state index in [1.807, 2.05) is 37.3 Å². The fourth-order valence-electron chi connectivity index (χ4n) is 4.54. The second-order valence-electron chi connectivity index (χ2n) is 9.70. The molecule has 0 aliphatic rings. The number of methoxy groups -OCH3 is 2. The molecular weight excluding hydrogens is 452 g/mol. The SMILES string of the molecule is CCC(O)/C=C/c1c(OC)cc(CO[Si](c2ccccc2)(c2ccccc2)C(C)(C)C)cc1OC. The van der Waals surface area contributed by atoms with Crippen LogP contribution in [0.4, 0.5) is 0 Å². The van der Waals surface area contributed by atoms with Crippen molar-refractivity contribution in [1.82, 2.24) is 0 Å². The summed E-state index contributed by atoms with van der Waals surface area (Å²) < 4.78 is 18.5. The van der Waals surface area contributed by atoms with E-state index in [-0.39, 0.29) is 5.04 Å². The van der Waals surface area contributed by atoms with Gasteiger partial charge in [0.15, 0.2) is 0 Å². The number of ether oxygens (including phenoxy) is 2. The minimum absolute atomic E-state index is 0.108. The van der Waals surface area contributed by atoms with Crippen LogP contribution in [0.25, 0.3) is 6.08 Å². The molecule has 0 heterocycles. The second kappa shape index (κ2) is 11.7. The first-order valence-corrected chi connectivity index (χ1v) is 14.0. The Balaban J connectivity index is 2.07. The standard InChI is InChI=1S/C30H38O4Si/c1-7-24(31)18-19-27-28(32-5)20-23(21-29(27)33-6)22-34-35(30(2,3)4,25-14-10-8-11-15-25)26-16-12-9-13-17-26/h8-21,24,31H,7,22H2,1-6H3/b19-18+. The van der Waals surface area contributed by atoms with Crippen molar-refractivity contribution in [3.05, 3.63) is 90.0 Å². The molecule has 0 saturated heterocycles. The van der Waals surface area contributed by atoms with Crippen LogP contribution in [-0.2, 0) is 11.0 Å². The Labute approximate surface area is 211 Å². The Morgan fingerprint density at radius 1 is 0.857 bits per heavy atom. The number of rotatable bonds is 10. The van der Waals surface area contributed by atoms with Gasteiger partial charge in [0, 0.05) is 0 Å². The highest BCUT2D eigenvalue weighted by Gasteiger charge is 2.50. The van der Waals surface area contributed by atoms with Gasteiger partial charge in [0.1, 0.15) is 11.5 Å². The summed E-state index contributed by atoms with van der Waals surface area (Å²) in [6.07, 6.45) is 3.76. The van der Waals surface area contributed by atoms with Gasteiger partial charge in [-0.1, -0.05) is 94.4 Å². The molecule has 0 aromatic heterocycles. The highest BCUT2D eigenvalue weighted by molar-refractivity contribution is 6.99. The number of hydrogen-bond donors (Lipinski definition) is 1. The van der Waals surface area contributed by atoms with Crippen LogP contribution >= 0.6 is 0 Å². The molecule has 186 valence electrons. The molecule has 0 aliphatic heterocycles. The van der Waals surface area contributed by atoms with Gasteiger partial charge in [-0.05, 0) is 45.6 Å². The van der Waals surface area contributed by atoms with Crippen LogP contribution in [0.2, 0.25) is 5.04 Å². The van der Waals surface area contributed by atoms with Crippen molar-refractivity contribution in [2.24, 2.45) is 0 Å². The molecule has 0 saturated carbocycles. The quantitative estimate of drug-likeness (QED) is 0.378. The molecule has 0 bridgehead atoms. The van der Waals surface area contributed by atoms with Gasteiger partial charge in [-0.2, -0.15) is 0 Å². The van der Waals surface area contributed by atoms with Crippen LogP contribution in [0.3, 0.4) is 0 Å². The molecule has 0 radical (unpaired) electrons. The molecule has 1 N–H and O–H groups in total. The van der Waals surface area contributed by atoms with Crippen LogP contribution < -0.4 is 19.8 Å². The topological polar surface area (TPSA) is 47.9 Å². The average molecular weight is 491 g/mol. The maximum atomic E-state index is 9.98. The minimum Gasteiger partial charge on any atom is -0.496 e. The number of aliphatic hydroxyl groups is 1. The fraction of sp³-hybridized carbons (Fsp3) is 0.333. The highest BCUT2D eigenvalue weighted by Crippen LogP contribution is 2.38. The number of hydrogen-bond acceptors (Lipinski definition) is 4. The van der Waals surface area contributed by atoms with Gasteiger partial charge in [-0.3, -0.25) is 0 Å². The predicted molar refractivity (Wildman–Crippen MR) is 147 cm³/mol. The number of benzene rings is 3. The van der Waals surface area contributed by atoms with E-state index < -0.39 is 14.4 Å². The first-order valence-electron chi connectivity index (χ1n) is 12.1. The highest BCUT2D eigenvalue weighted by atomic mass is 28.4. The maximum absolute atomic E-state index is 9.98. The van der Waals surface area contributed by atoms with E-state index in [0.29, 0.717) is 24.5 Å². The lowest BCUT2D eigenvalue weighted by Crippen LogP contribution is -2.66. The third kappa shape index (κ3) is 5.86. The van der Waals surface area contributed by atoms with Gasteiger partial charge >= 0.3 is 0 Å². The molecule has 3 aromatic rings. The van der Waals surface area contributed by atoms with Crippen molar-refractivity contribution >= 4 is 24.8 Å². The van der Waals surface area contributed by atoms with Crippen molar-refractivity contribution in [3.8, 4) is 11.5 Å². The van der Waals surface area contributed by atoms with E-state index in [4.69, 9.17) is 13.9 Å². The van der Waals surface area contributed by atoms with E-state index in [0.717, 1.165) is 11.1 Å². The summed E-state index contributed by atoms with van der Waals surface area (Å²) >= 11 is 0. The molecule has 4 nitrogen and oxygen atoms in total. The molecule has 3 aromatic carbocycles. The zero-order valence-corrected chi connectivity index (χ0v) is 22.7. The van der Waals surface area contributed by atoms with Gasteiger partial charge in [0.05, 0.1) is 32.5 Å². The largest absolute Gasteiger partial charge is 0.496 e. The lowest BCUT2D eigenvalue weighted by atomic mass is 10.1. The lowest BCUT2D eigenvalue weighted by Gasteiger charge is -2.43. The third-order valence-electron chi connectivity index (χ3n) is 6.38. The molecule has 1 atom stereocenters. The van der Waals surface area contributed by atoms with Crippen LogP contribution in [0.15, 0.2) is 78.9 Å². The van der Waals surface area contributed by atoms with E-state index in [2.05, 4.69) is 69.3 Å². The van der Waals surface area contributed by atoms with E-state index >= 15 is 0 Å². The average Bonchev–Trinajstić information content (AvgIpc) is 2.87. The monoisotopic (exact) mass is 490 g/mol. The zero-order valence-electron chi connectivity index (χ0n) is 21.7. The Morgan fingerprint density at radius 2 is 1.34 bits per heavy atom. The predicted octanol–water partition coefficient (Wildman–Crippen LogP) is 5.56. The summed E-state index contributed by atoms with van der Waals surface area (Å²) in [5.74, 6) is 1.37. The Hall–Kier alpha value is -2.86. The van der Waals surface area contributed by atoms with Gasteiger partial charge in [-0.25, -0.2) is 0 Å². The summed E-state index contributed by atoms with van der Waals surface area (Å²) in [4.78, 5) is 0. The molecule has 0 aliphatic carbocycles. The van der Waals surface area contributed by atoms with Gasteiger partial charge in [0.25, 0.3) is 8.32 Å². The zero-order chi connectivity index (χ0) is 25.5. The van der Waals surface area contributed by atoms with E-state index in [1.165, 1.54) is 10.4 Å². The van der Waals surface area contributed by atoms with Crippen LogP contribution in [0, 0.1) is 0 Å². The molecule has 1 unspecified atom stereocenters. The van der Waals surface area contributed by atoms with Crippen LogP contribution in [-0.4, -0.2) is 33.7 Å². The Kier molecular flexibility index (Phi) is 8.95. The summed E-state index contributed by atoms with van der Waals surface area (Å²) in [5.41, 5.74) is 1.77. The van der Waals surface area contributed by atoms with Crippen LogP contribution in [0.1, 0.15) is 45.2 Å². The molecular formula is C30H38O4Si. The molecule has 35 heavy (non-hydrogen) atoms. The molecule has 3 rings (SSSR count). The van der Waals surface area contributed by atoms with Crippen molar-refractivity contribution in [2.75, 3.05) is 14.2 Å². The van der Waals surface area contributed by atoms with Crippen molar-refractivity contribution in [3.63, 3.8) is 0 Å².